The molecule has 118 valence electrons. The molecule has 23 heavy (non-hydrogen) atoms. The molecule has 0 saturated heterocycles. The second kappa shape index (κ2) is 5.53. The van der Waals surface area contributed by atoms with E-state index in [1.54, 1.807) is 0 Å². The second-order valence-electron chi connectivity index (χ2n) is 6.13. The molecule has 1 N–H and O–H groups in total. The van der Waals surface area contributed by atoms with Crippen LogP contribution in [0.1, 0.15) is 31.4 Å². The molecule has 0 fully saturated rings. The van der Waals surface area contributed by atoms with Gasteiger partial charge in [0.15, 0.2) is 5.78 Å². The van der Waals surface area contributed by atoms with Crippen LogP contribution < -0.4 is 5.32 Å². The van der Waals surface area contributed by atoms with Crippen molar-refractivity contribution >= 4 is 23.5 Å². The Morgan fingerprint density at radius 3 is 2.78 bits per heavy atom. The van der Waals surface area contributed by atoms with Gasteiger partial charge in [0.25, 0.3) is 0 Å². The highest BCUT2D eigenvalue weighted by molar-refractivity contribution is 7.98. The third-order valence-electron chi connectivity index (χ3n) is 4.40. The van der Waals surface area contributed by atoms with Crippen LogP contribution in [0.2, 0.25) is 0 Å². The third kappa shape index (κ3) is 2.37. The average molecular weight is 326 g/mol. The first kappa shape index (κ1) is 14.5. The van der Waals surface area contributed by atoms with Crippen molar-refractivity contribution in [1.82, 2.24) is 14.8 Å². The number of fused-ring (bicyclic) bond motifs is 1. The van der Waals surface area contributed by atoms with E-state index in [1.165, 1.54) is 11.8 Å². The van der Waals surface area contributed by atoms with E-state index in [0.717, 1.165) is 29.2 Å². The van der Waals surface area contributed by atoms with Gasteiger partial charge >= 0.3 is 0 Å². The van der Waals surface area contributed by atoms with E-state index in [-0.39, 0.29) is 11.8 Å². The summed E-state index contributed by atoms with van der Waals surface area (Å²) in [5, 5.41) is 8.66. The first-order chi connectivity index (χ1) is 11.2. The number of Topliss-reactive ketones (excluding diaryl/α,β-unsaturated/α-hetero) is 1. The predicted octanol–water partition coefficient (Wildman–Crippen LogP) is 3.27. The number of carbonyl (C=O) groups is 1. The largest absolute Gasteiger partial charge is 0.328 e. The van der Waals surface area contributed by atoms with Gasteiger partial charge in [-0.05, 0) is 24.2 Å². The molecule has 0 amide bonds. The molecule has 0 saturated carbocycles. The first-order valence-electron chi connectivity index (χ1n) is 7.76. The van der Waals surface area contributed by atoms with E-state index in [9.17, 15) is 4.79 Å². The van der Waals surface area contributed by atoms with Crippen LogP contribution >= 0.6 is 11.8 Å². The van der Waals surface area contributed by atoms with Crippen LogP contribution in [0.25, 0.3) is 0 Å². The van der Waals surface area contributed by atoms with Gasteiger partial charge in [-0.25, -0.2) is 4.68 Å². The van der Waals surface area contributed by atoms with Gasteiger partial charge in [-0.2, -0.15) is 4.98 Å². The fourth-order valence-electron chi connectivity index (χ4n) is 3.42. The highest BCUT2D eigenvalue weighted by Gasteiger charge is 2.38. The molecule has 6 heteroatoms. The lowest BCUT2D eigenvalue weighted by Crippen LogP contribution is -2.33. The third-order valence-corrected chi connectivity index (χ3v) is 4.94. The minimum absolute atomic E-state index is 0.184. The molecule has 2 atom stereocenters. The van der Waals surface area contributed by atoms with Crippen LogP contribution in [0, 0.1) is 5.92 Å². The fourth-order valence-corrected chi connectivity index (χ4v) is 3.76. The maximum Gasteiger partial charge on any atom is 0.227 e. The zero-order chi connectivity index (χ0) is 16.0. The zero-order valence-corrected chi connectivity index (χ0v) is 13.9. The van der Waals surface area contributed by atoms with Crippen molar-refractivity contribution in [2.24, 2.45) is 5.92 Å². The zero-order valence-electron chi connectivity index (χ0n) is 13.1. The second-order valence-corrected chi connectivity index (χ2v) is 6.91. The quantitative estimate of drug-likeness (QED) is 0.858. The molecule has 1 aromatic carbocycles. The number of nitrogens with zero attached hydrogens (tertiary/aromatic N) is 3. The van der Waals surface area contributed by atoms with Gasteiger partial charge in [0, 0.05) is 17.7 Å². The number of ketones is 1. The smallest absolute Gasteiger partial charge is 0.227 e. The number of allylic oxidation sites excluding steroid dienone is 2. The van der Waals surface area contributed by atoms with Crippen molar-refractivity contribution in [2.45, 2.75) is 31.0 Å². The Balaban J connectivity index is 1.91. The molecular formula is C17H18N4OS. The van der Waals surface area contributed by atoms with Crippen molar-refractivity contribution in [1.29, 1.82) is 0 Å². The van der Waals surface area contributed by atoms with E-state index in [1.807, 2.05) is 29.1 Å². The van der Waals surface area contributed by atoms with Crippen LogP contribution in [0.3, 0.4) is 0 Å². The maximum atomic E-state index is 12.7. The molecule has 0 radical (unpaired) electrons. The molecule has 2 aromatic rings. The predicted molar refractivity (Wildman–Crippen MR) is 90.4 cm³/mol. The lowest BCUT2D eigenvalue weighted by molar-refractivity contribution is -0.117. The van der Waals surface area contributed by atoms with Gasteiger partial charge < -0.3 is 5.32 Å². The number of aromatic nitrogens is 3. The molecule has 4 rings (SSSR count). The summed E-state index contributed by atoms with van der Waals surface area (Å²) in [5.74, 6) is 1.30. The molecule has 2 heterocycles. The summed E-state index contributed by atoms with van der Waals surface area (Å²) in [4.78, 5) is 17.3. The van der Waals surface area contributed by atoms with Gasteiger partial charge in [-0.3, -0.25) is 4.79 Å². The SMILES string of the molecule is CSc1nc2n(n1)[C@@H](c1ccccc1)C1=C(C[C@H](C)CC1=O)N2. The van der Waals surface area contributed by atoms with Crippen LogP contribution in [0.15, 0.2) is 46.8 Å². The summed E-state index contributed by atoms with van der Waals surface area (Å²) >= 11 is 1.51. The van der Waals surface area contributed by atoms with Crippen LogP contribution in [-0.4, -0.2) is 26.8 Å². The van der Waals surface area contributed by atoms with Gasteiger partial charge in [0.1, 0.15) is 6.04 Å². The van der Waals surface area contributed by atoms with E-state index < -0.39 is 0 Å². The molecule has 1 aliphatic carbocycles. The van der Waals surface area contributed by atoms with Crippen molar-refractivity contribution in [3.63, 3.8) is 0 Å². The number of rotatable bonds is 2. The number of nitrogens with one attached hydrogen (secondary N) is 1. The lowest BCUT2D eigenvalue weighted by Gasteiger charge is -2.34. The number of carbonyl (C=O) groups excluding carboxylic acids is 1. The number of hydrogen-bond acceptors (Lipinski definition) is 5. The van der Waals surface area contributed by atoms with E-state index in [0.29, 0.717) is 17.5 Å². The van der Waals surface area contributed by atoms with Crippen LogP contribution in [-0.2, 0) is 4.79 Å². The highest BCUT2D eigenvalue weighted by Crippen LogP contribution is 2.41. The van der Waals surface area contributed by atoms with Crippen LogP contribution in [0.5, 0.6) is 0 Å². The number of hydrogen-bond donors (Lipinski definition) is 1. The average Bonchev–Trinajstić information content (AvgIpc) is 2.96. The number of benzene rings is 1. The Morgan fingerprint density at radius 1 is 1.26 bits per heavy atom. The van der Waals surface area contributed by atoms with E-state index >= 15 is 0 Å². The Labute approximate surface area is 139 Å². The summed E-state index contributed by atoms with van der Waals surface area (Å²) in [5.41, 5.74) is 2.93. The summed E-state index contributed by atoms with van der Waals surface area (Å²) in [6.45, 7) is 2.12. The summed E-state index contributed by atoms with van der Waals surface area (Å²) < 4.78 is 1.86. The van der Waals surface area contributed by atoms with Crippen molar-refractivity contribution in [2.75, 3.05) is 11.6 Å². The molecule has 2 aliphatic rings. The number of anilines is 1. The normalized spacial score (nSPS) is 23.3. The monoisotopic (exact) mass is 326 g/mol. The summed E-state index contributed by atoms with van der Waals surface area (Å²) in [6, 6.07) is 9.90. The van der Waals surface area contributed by atoms with E-state index in [4.69, 9.17) is 0 Å². The van der Waals surface area contributed by atoms with Gasteiger partial charge in [-0.15, -0.1) is 5.10 Å². The molecule has 0 spiro atoms. The fraction of sp³-hybridized carbons (Fsp3) is 0.353. The Bertz CT molecular complexity index is 796. The molecule has 5 nitrogen and oxygen atoms in total. The Kier molecular flexibility index (Phi) is 3.49. The van der Waals surface area contributed by atoms with Crippen LogP contribution in [0.4, 0.5) is 5.95 Å². The molecule has 0 unspecified atom stereocenters. The summed E-state index contributed by atoms with van der Waals surface area (Å²) in [7, 11) is 0. The van der Waals surface area contributed by atoms with Gasteiger partial charge in [-0.1, -0.05) is 49.0 Å². The van der Waals surface area contributed by atoms with E-state index in [2.05, 4.69) is 34.5 Å². The first-order valence-corrected chi connectivity index (χ1v) is 8.98. The summed E-state index contributed by atoms with van der Waals surface area (Å²) in [6.07, 6.45) is 3.44. The lowest BCUT2D eigenvalue weighted by atomic mass is 9.81. The van der Waals surface area contributed by atoms with Crippen molar-refractivity contribution in [3.8, 4) is 0 Å². The number of thioether (sulfide) groups is 1. The van der Waals surface area contributed by atoms with Gasteiger partial charge in [0.05, 0.1) is 0 Å². The molecule has 1 aromatic heterocycles. The van der Waals surface area contributed by atoms with Gasteiger partial charge in [0.2, 0.25) is 11.1 Å². The Morgan fingerprint density at radius 2 is 2.04 bits per heavy atom. The molecular weight excluding hydrogens is 308 g/mol. The topological polar surface area (TPSA) is 59.8 Å². The molecule has 1 aliphatic heterocycles. The minimum atomic E-state index is -0.184. The molecule has 0 bridgehead atoms. The highest BCUT2D eigenvalue weighted by atomic mass is 32.2. The minimum Gasteiger partial charge on any atom is -0.328 e. The standard InChI is InChI=1S/C17H18N4OS/c1-10-8-12-14(13(22)9-10)15(11-6-4-3-5-7-11)21-16(18-12)19-17(20-21)23-2/h3-7,10,15H,8-9H2,1-2H3,(H,18,19,20)/t10-,15-/m0/s1. The van der Waals surface area contributed by atoms with Crippen molar-refractivity contribution < 1.29 is 4.79 Å². The Hall–Kier alpha value is -2.08. The maximum absolute atomic E-state index is 12.7. The van der Waals surface area contributed by atoms with Crippen molar-refractivity contribution in [3.05, 3.63) is 47.2 Å².